The maximum absolute atomic E-state index is 13.7. The average molecular weight is 600 g/mol. The van der Waals surface area contributed by atoms with Gasteiger partial charge in [-0.05, 0) is 91.3 Å². The summed E-state index contributed by atoms with van der Waals surface area (Å²) in [6.45, 7) is 4.19. The number of amides is 2. The first kappa shape index (κ1) is 35.2. The third-order valence-corrected chi connectivity index (χ3v) is 9.42. The molecule has 0 bridgehead atoms. The second-order valence-corrected chi connectivity index (χ2v) is 12.9. The van der Waals surface area contributed by atoms with Gasteiger partial charge in [-0.1, -0.05) is 62.4 Å². The van der Waals surface area contributed by atoms with E-state index in [2.05, 4.69) is 10.6 Å². The standard InChI is InChI=1S/C34H47N3O4S.Li/c1-24-11-7-8-14-27(24)29-21-26(15-16-28(29)32(38)36-30(34(40)41)17-20-42-2)23-35-31(22-25-12-5-3-6-13-25)33(39)37-18-9-4-10-19-37;/h7-8,11,14-16,21,25,30-31,35H,3-6,9-10,12-13,17-20,22-23H2,1-2H3,(H,36,38)(H,40,41);/q;+1/p-1. The first-order valence-electron chi connectivity index (χ1n) is 15.6. The fourth-order valence-corrected chi connectivity index (χ4v) is 6.79. The smallest absolute Gasteiger partial charge is 0.548 e. The molecule has 1 aliphatic carbocycles. The maximum atomic E-state index is 13.7. The Kier molecular flexibility index (Phi) is 14.7. The topological polar surface area (TPSA) is 102 Å². The number of carboxylic acids is 1. The predicted octanol–water partition coefficient (Wildman–Crippen LogP) is 1.71. The van der Waals surface area contributed by atoms with Crippen molar-refractivity contribution in [2.45, 2.75) is 89.8 Å². The van der Waals surface area contributed by atoms with Crippen molar-refractivity contribution in [1.29, 1.82) is 0 Å². The number of aliphatic carboxylic acids is 1. The third kappa shape index (κ3) is 10.1. The van der Waals surface area contributed by atoms with Gasteiger partial charge in [0.2, 0.25) is 5.91 Å². The molecular weight excluding hydrogens is 553 g/mol. The summed E-state index contributed by atoms with van der Waals surface area (Å²) in [6.07, 6.45) is 12.5. The van der Waals surface area contributed by atoms with Crippen molar-refractivity contribution in [3.63, 3.8) is 0 Å². The molecule has 1 saturated carbocycles. The summed E-state index contributed by atoms with van der Waals surface area (Å²) < 4.78 is 0. The van der Waals surface area contributed by atoms with Crippen molar-refractivity contribution < 1.29 is 38.4 Å². The van der Waals surface area contributed by atoms with E-state index in [1.165, 1.54) is 50.3 Å². The predicted molar refractivity (Wildman–Crippen MR) is 168 cm³/mol. The normalized spacial score (nSPS) is 17.0. The van der Waals surface area contributed by atoms with E-state index in [9.17, 15) is 19.5 Å². The molecule has 2 aliphatic rings. The molecule has 4 rings (SSSR count). The molecule has 1 heterocycles. The van der Waals surface area contributed by atoms with Crippen LogP contribution in [0.1, 0.15) is 85.7 Å². The summed E-state index contributed by atoms with van der Waals surface area (Å²) in [7, 11) is 0. The number of rotatable bonds is 13. The molecule has 9 heteroatoms. The molecule has 7 nitrogen and oxygen atoms in total. The van der Waals surface area contributed by atoms with E-state index in [1.807, 2.05) is 54.5 Å². The van der Waals surface area contributed by atoms with Crippen molar-refractivity contribution in [2.75, 3.05) is 25.1 Å². The molecule has 2 aromatic carbocycles. The van der Waals surface area contributed by atoms with Crippen LogP contribution in [0.15, 0.2) is 42.5 Å². The Morgan fingerprint density at radius 2 is 1.65 bits per heavy atom. The Hall–Kier alpha value is -2.24. The molecule has 43 heavy (non-hydrogen) atoms. The summed E-state index contributed by atoms with van der Waals surface area (Å²) in [5, 5.41) is 18.0. The Bertz CT molecular complexity index is 1210. The van der Waals surface area contributed by atoms with Crippen molar-refractivity contribution >= 4 is 29.5 Å². The molecule has 2 fully saturated rings. The van der Waals surface area contributed by atoms with Crippen LogP contribution in [0.4, 0.5) is 0 Å². The SMILES string of the molecule is CSCCC(NC(=O)c1ccc(CNC(CC2CCCCC2)C(=O)N2CCCCC2)cc1-c1ccccc1C)C(=O)[O-].[Li+]. The van der Waals surface area contributed by atoms with Crippen LogP contribution in [0.5, 0.6) is 0 Å². The molecular formula is C34H46LiN3O4S. The Morgan fingerprint density at radius 3 is 2.33 bits per heavy atom. The molecule has 0 radical (unpaired) electrons. The number of nitrogens with one attached hydrogen (secondary N) is 2. The van der Waals surface area contributed by atoms with Crippen LogP contribution in [0, 0.1) is 12.8 Å². The van der Waals surface area contributed by atoms with Gasteiger partial charge in [0.05, 0.1) is 18.1 Å². The van der Waals surface area contributed by atoms with Crippen molar-refractivity contribution in [1.82, 2.24) is 15.5 Å². The molecule has 2 amide bonds. The molecule has 2 unspecified atom stereocenters. The number of hydrogen-bond acceptors (Lipinski definition) is 6. The zero-order valence-corrected chi connectivity index (χ0v) is 27.0. The molecule has 0 spiro atoms. The van der Waals surface area contributed by atoms with Gasteiger partial charge < -0.3 is 25.4 Å². The number of piperidine rings is 1. The number of carbonyl (C=O) groups excluding carboxylic acids is 3. The molecule has 228 valence electrons. The van der Waals surface area contributed by atoms with E-state index in [0.29, 0.717) is 30.2 Å². The number of benzene rings is 2. The molecule has 0 aromatic heterocycles. The van der Waals surface area contributed by atoms with Crippen LogP contribution in [0.3, 0.4) is 0 Å². The van der Waals surface area contributed by atoms with Gasteiger partial charge in [-0.3, -0.25) is 9.59 Å². The second kappa shape index (κ2) is 17.9. The molecule has 2 aromatic rings. The summed E-state index contributed by atoms with van der Waals surface area (Å²) in [5.41, 5.74) is 4.08. The number of likely N-dealkylation sites (tertiary alicyclic amines) is 1. The zero-order chi connectivity index (χ0) is 29.9. The van der Waals surface area contributed by atoms with Crippen molar-refractivity contribution in [3.8, 4) is 11.1 Å². The van der Waals surface area contributed by atoms with E-state index in [-0.39, 0.29) is 30.8 Å². The van der Waals surface area contributed by atoms with Crippen LogP contribution < -0.4 is 34.6 Å². The van der Waals surface area contributed by atoms with Crippen molar-refractivity contribution in [2.24, 2.45) is 5.92 Å². The zero-order valence-electron chi connectivity index (χ0n) is 26.2. The quantitative estimate of drug-likeness (QED) is 0.340. The second-order valence-electron chi connectivity index (χ2n) is 11.9. The number of carboxylic acid groups (broad SMARTS) is 1. The van der Waals surface area contributed by atoms with E-state index in [4.69, 9.17) is 0 Å². The van der Waals surface area contributed by atoms with E-state index in [1.54, 1.807) is 6.07 Å². The van der Waals surface area contributed by atoms with Gasteiger partial charge in [0.25, 0.3) is 5.91 Å². The average Bonchev–Trinajstić information content (AvgIpc) is 3.01. The molecule has 2 atom stereocenters. The van der Waals surface area contributed by atoms with Gasteiger partial charge in [0, 0.05) is 25.2 Å². The number of carbonyl (C=O) groups is 3. The van der Waals surface area contributed by atoms with E-state index >= 15 is 0 Å². The van der Waals surface area contributed by atoms with Gasteiger partial charge >= 0.3 is 18.9 Å². The molecule has 2 N–H and O–H groups in total. The van der Waals surface area contributed by atoms with Gasteiger partial charge in [-0.2, -0.15) is 11.8 Å². The van der Waals surface area contributed by atoms with E-state index < -0.39 is 17.9 Å². The summed E-state index contributed by atoms with van der Waals surface area (Å²) in [5.74, 6) is -0.321. The van der Waals surface area contributed by atoms with Crippen molar-refractivity contribution in [3.05, 3.63) is 59.2 Å². The first-order chi connectivity index (χ1) is 20.4. The number of thioether (sulfide) groups is 1. The Balaban J connectivity index is 0.00000506. The number of hydrogen-bond donors (Lipinski definition) is 2. The molecule has 1 saturated heterocycles. The van der Waals surface area contributed by atoms with Gasteiger partial charge in [-0.15, -0.1) is 0 Å². The fourth-order valence-electron chi connectivity index (χ4n) is 6.32. The van der Waals surface area contributed by atoms with E-state index in [0.717, 1.165) is 54.6 Å². The Morgan fingerprint density at radius 1 is 0.953 bits per heavy atom. The van der Waals surface area contributed by atoms with Gasteiger partial charge in [-0.25, -0.2) is 0 Å². The van der Waals surface area contributed by atoms with Crippen LogP contribution >= 0.6 is 11.8 Å². The minimum atomic E-state index is -1.28. The first-order valence-corrected chi connectivity index (χ1v) is 17.0. The molecule has 1 aliphatic heterocycles. The van der Waals surface area contributed by atoms with Crippen LogP contribution in [0.2, 0.25) is 0 Å². The summed E-state index contributed by atoms with van der Waals surface area (Å²) >= 11 is 1.53. The van der Waals surface area contributed by atoms with Crippen LogP contribution in [0.25, 0.3) is 11.1 Å². The monoisotopic (exact) mass is 599 g/mol. The van der Waals surface area contributed by atoms with Crippen LogP contribution in [-0.2, 0) is 16.1 Å². The van der Waals surface area contributed by atoms with Gasteiger partial charge in [0.15, 0.2) is 0 Å². The largest absolute Gasteiger partial charge is 1.00 e. The number of nitrogens with zero attached hydrogens (tertiary/aromatic N) is 1. The number of aryl methyl sites for hydroxylation is 1. The maximum Gasteiger partial charge on any atom is 1.00 e. The summed E-state index contributed by atoms with van der Waals surface area (Å²) in [4.78, 5) is 40.8. The summed E-state index contributed by atoms with van der Waals surface area (Å²) in [6, 6.07) is 12.3. The Labute approximate surface area is 273 Å². The van der Waals surface area contributed by atoms with Crippen LogP contribution in [-0.4, -0.2) is 59.9 Å². The third-order valence-electron chi connectivity index (χ3n) is 8.78. The minimum Gasteiger partial charge on any atom is -0.548 e. The van der Waals surface area contributed by atoms with Gasteiger partial charge in [0.1, 0.15) is 0 Å². The fraction of sp³-hybridized carbons (Fsp3) is 0.559. The minimum absolute atomic E-state index is 0.